The minimum atomic E-state index is -3.88. The summed E-state index contributed by atoms with van der Waals surface area (Å²) in [6, 6.07) is 11.4. The topological polar surface area (TPSA) is 126 Å². The van der Waals surface area contributed by atoms with Gasteiger partial charge in [0.1, 0.15) is 5.75 Å². The Bertz CT molecular complexity index is 1050. The van der Waals surface area contributed by atoms with Crippen molar-refractivity contribution >= 4 is 33.2 Å². The summed E-state index contributed by atoms with van der Waals surface area (Å²) in [5, 5.41) is 5.47. The van der Waals surface area contributed by atoms with Crippen LogP contribution in [0.5, 0.6) is 5.75 Å². The van der Waals surface area contributed by atoms with Crippen LogP contribution in [0.4, 0.5) is 11.4 Å². The van der Waals surface area contributed by atoms with Crippen LogP contribution >= 0.6 is 0 Å². The first-order valence-corrected chi connectivity index (χ1v) is 11.9. The van der Waals surface area contributed by atoms with E-state index in [0.717, 1.165) is 13.1 Å². The number of carbonyl (C=O) groups excluding carboxylic acids is 2. The number of methoxy groups -OCH3 is 1. The summed E-state index contributed by atoms with van der Waals surface area (Å²) in [6.45, 7) is 4.43. The minimum Gasteiger partial charge on any atom is -0.497 e. The Morgan fingerprint density at radius 2 is 1.58 bits per heavy atom. The number of nitrogens with one attached hydrogen (secondary N) is 3. The third-order valence-electron chi connectivity index (χ3n) is 5.00. The van der Waals surface area contributed by atoms with E-state index < -0.39 is 22.0 Å². The van der Waals surface area contributed by atoms with Crippen molar-refractivity contribution in [2.75, 3.05) is 50.6 Å². The van der Waals surface area contributed by atoms with Gasteiger partial charge in [-0.05, 0) is 55.5 Å². The smallest absolute Gasteiger partial charge is 0.242 e. The molecule has 0 saturated carbocycles. The highest BCUT2D eigenvalue weighted by Crippen LogP contribution is 2.17. The number of hydrogen-bond acceptors (Lipinski definition) is 7. The van der Waals surface area contributed by atoms with Gasteiger partial charge in [-0.25, -0.2) is 8.42 Å². The fourth-order valence-corrected chi connectivity index (χ4v) is 4.36. The Morgan fingerprint density at radius 1 is 1.00 bits per heavy atom. The summed E-state index contributed by atoms with van der Waals surface area (Å²) in [6.07, 6.45) is 0. The third-order valence-corrected chi connectivity index (χ3v) is 6.56. The summed E-state index contributed by atoms with van der Waals surface area (Å²) in [5.74, 6) is -0.119. The molecule has 2 aromatic rings. The number of carbonyl (C=O) groups is 2. The van der Waals surface area contributed by atoms with Crippen LogP contribution in [0.15, 0.2) is 53.4 Å². The molecule has 0 spiro atoms. The highest BCUT2D eigenvalue weighted by atomic mass is 32.2. The van der Waals surface area contributed by atoms with Crippen LogP contribution in [-0.4, -0.2) is 71.1 Å². The maximum absolute atomic E-state index is 12.5. The molecular formula is C22H28N4O6S. The second-order valence-corrected chi connectivity index (χ2v) is 9.24. The number of benzene rings is 2. The van der Waals surface area contributed by atoms with E-state index >= 15 is 0 Å². The maximum atomic E-state index is 12.5. The second kappa shape index (κ2) is 11.2. The normalized spacial score (nSPS) is 15.5. The predicted octanol–water partition coefficient (Wildman–Crippen LogP) is 1.27. The van der Waals surface area contributed by atoms with Gasteiger partial charge in [0, 0.05) is 24.5 Å². The van der Waals surface area contributed by atoms with E-state index in [0.29, 0.717) is 30.3 Å². The standard InChI is InChI=1S/C22H28N4O6S/c1-16(25-33(29,30)20-9-7-19(31-2)8-10-20)22(28)24-18-5-3-17(4-6-18)23-21(27)15-26-11-13-32-14-12-26/h3-10,16,25H,11-15H2,1-2H3,(H,23,27)(H,24,28)/t16-/m0/s1. The molecule has 1 aliphatic rings. The highest BCUT2D eigenvalue weighted by Gasteiger charge is 2.22. The van der Waals surface area contributed by atoms with E-state index in [-0.39, 0.29) is 17.3 Å². The van der Waals surface area contributed by atoms with Crippen molar-refractivity contribution in [2.45, 2.75) is 17.9 Å². The molecule has 178 valence electrons. The average Bonchev–Trinajstić information content (AvgIpc) is 2.80. The molecule has 2 amide bonds. The van der Waals surface area contributed by atoms with Crippen LogP contribution in [-0.2, 0) is 24.3 Å². The van der Waals surface area contributed by atoms with Gasteiger partial charge in [0.25, 0.3) is 0 Å². The Kier molecular flexibility index (Phi) is 8.39. The summed E-state index contributed by atoms with van der Waals surface area (Å²) in [7, 11) is -2.39. The van der Waals surface area contributed by atoms with Gasteiger partial charge >= 0.3 is 0 Å². The van der Waals surface area contributed by atoms with Crippen LogP contribution in [0.25, 0.3) is 0 Å². The van der Waals surface area contributed by atoms with Crippen molar-refractivity contribution in [1.29, 1.82) is 0 Å². The lowest BCUT2D eigenvalue weighted by molar-refractivity contribution is -0.118. The van der Waals surface area contributed by atoms with E-state index in [9.17, 15) is 18.0 Å². The van der Waals surface area contributed by atoms with Crippen molar-refractivity contribution in [1.82, 2.24) is 9.62 Å². The number of ether oxygens (including phenoxy) is 2. The molecule has 1 saturated heterocycles. The third kappa shape index (κ3) is 7.26. The molecular weight excluding hydrogens is 448 g/mol. The van der Waals surface area contributed by atoms with Crippen LogP contribution in [0.3, 0.4) is 0 Å². The lowest BCUT2D eigenvalue weighted by atomic mass is 10.2. The van der Waals surface area contributed by atoms with Crippen molar-refractivity contribution in [3.8, 4) is 5.75 Å². The number of morpholine rings is 1. The SMILES string of the molecule is COc1ccc(S(=O)(=O)N[C@@H](C)C(=O)Nc2ccc(NC(=O)CN3CCOCC3)cc2)cc1. The maximum Gasteiger partial charge on any atom is 0.242 e. The molecule has 1 fully saturated rings. The number of sulfonamides is 1. The molecule has 3 rings (SSSR count). The number of nitrogens with zero attached hydrogens (tertiary/aromatic N) is 1. The van der Waals surface area contributed by atoms with Gasteiger partial charge in [0.2, 0.25) is 21.8 Å². The molecule has 0 aliphatic carbocycles. The largest absolute Gasteiger partial charge is 0.497 e. The molecule has 1 heterocycles. The molecule has 0 bridgehead atoms. The second-order valence-electron chi connectivity index (χ2n) is 7.52. The van der Waals surface area contributed by atoms with Gasteiger partial charge < -0.3 is 20.1 Å². The first kappa shape index (κ1) is 24.6. The summed E-state index contributed by atoms with van der Waals surface area (Å²) in [4.78, 5) is 26.7. The zero-order valence-electron chi connectivity index (χ0n) is 18.5. The Hall–Kier alpha value is -2.99. The van der Waals surface area contributed by atoms with Gasteiger partial charge in [0.15, 0.2) is 0 Å². The van der Waals surface area contributed by atoms with E-state index in [1.165, 1.54) is 38.3 Å². The summed E-state index contributed by atoms with van der Waals surface area (Å²) in [5.41, 5.74) is 1.07. The quantitative estimate of drug-likeness (QED) is 0.498. The zero-order chi connectivity index (χ0) is 23.8. The van der Waals surface area contributed by atoms with Crippen molar-refractivity contribution in [3.05, 3.63) is 48.5 Å². The van der Waals surface area contributed by atoms with Gasteiger partial charge in [-0.1, -0.05) is 0 Å². The molecule has 10 nitrogen and oxygen atoms in total. The molecule has 0 radical (unpaired) electrons. The molecule has 33 heavy (non-hydrogen) atoms. The number of rotatable bonds is 9. The number of anilines is 2. The first-order valence-electron chi connectivity index (χ1n) is 10.4. The monoisotopic (exact) mass is 476 g/mol. The van der Waals surface area contributed by atoms with Gasteiger partial charge in [-0.3, -0.25) is 14.5 Å². The molecule has 1 aliphatic heterocycles. The first-order chi connectivity index (χ1) is 15.8. The Balaban J connectivity index is 1.51. The lowest BCUT2D eigenvalue weighted by Gasteiger charge is -2.25. The molecule has 0 unspecified atom stereocenters. The lowest BCUT2D eigenvalue weighted by Crippen LogP contribution is -2.41. The van der Waals surface area contributed by atoms with Crippen molar-refractivity contribution < 1.29 is 27.5 Å². The van der Waals surface area contributed by atoms with Crippen molar-refractivity contribution in [3.63, 3.8) is 0 Å². The molecule has 11 heteroatoms. The van der Waals surface area contributed by atoms with E-state index in [1.807, 2.05) is 4.90 Å². The fraction of sp³-hybridized carbons (Fsp3) is 0.364. The van der Waals surface area contributed by atoms with Crippen LogP contribution in [0, 0.1) is 0 Å². The highest BCUT2D eigenvalue weighted by molar-refractivity contribution is 7.89. The minimum absolute atomic E-state index is 0.0279. The van der Waals surface area contributed by atoms with E-state index in [2.05, 4.69) is 15.4 Å². The van der Waals surface area contributed by atoms with Crippen LogP contribution in [0.2, 0.25) is 0 Å². The average molecular weight is 477 g/mol. The predicted molar refractivity (Wildman–Crippen MR) is 124 cm³/mol. The molecule has 2 aromatic carbocycles. The number of hydrogen-bond donors (Lipinski definition) is 3. The van der Waals surface area contributed by atoms with Crippen molar-refractivity contribution in [2.24, 2.45) is 0 Å². The Morgan fingerprint density at radius 3 is 2.15 bits per heavy atom. The van der Waals surface area contributed by atoms with Crippen LogP contribution < -0.4 is 20.1 Å². The molecule has 3 N–H and O–H groups in total. The Labute approximate surface area is 193 Å². The summed E-state index contributed by atoms with van der Waals surface area (Å²) < 4.78 is 37.7. The fourth-order valence-electron chi connectivity index (χ4n) is 3.16. The van der Waals surface area contributed by atoms with E-state index in [1.54, 1.807) is 24.3 Å². The summed E-state index contributed by atoms with van der Waals surface area (Å²) >= 11 is 0. The molecule has 0 aromatic heterocycles. The zero-order valence-corrected chi connectivity index (χ0v) is 19.4. The molecule has 1 atom stereocenters. The van der Waals surface area contributed by atoms with E-state index in [4.69, 9.17) is 9.47 Å². The number of amides is 2. The van der Waals surface area contributed by atoms with Gasteiger partial charge in [-0.2, -0.15) is 4.72 Å². The van der Waals surface area contributed by atoms with Crippen LogP contribution in [0.1, 0.15) is 6.92 Å². The van der Waals surface area contributed by atoms with Gasteiger partial charge in [-0.15, -0.1) is 0 Å². The van der Waals surface area contributed by atoms with Gasteiger partial charge in [0.05, 0.1) is 37.8 Å².